The summed E-state index contributed by atoms with van der Waals surface area (Å²) in [6, 6.07) is 9.34. The van der Waals surface area contributed by atoms with Crippen molar-refractivity contribution >= 4 is 36.4 Å². The first-order valence-electron chi connectivity index (χ1n) is 7.29. The van der Waals surface area contributed by atoms with Crippen molar-refractivity contribution < 1.29 is 9.53 Å². The van der Waals surface area contributed by atoms with Crippen LogP contribution in [0.25, 0.3) is 0 Å². The minimum atomic E-state index is -0.0473. The van der Waals surface area contributed by atoms with Crippen LogP contribution in [0.5, 0.6) is 11.6 Å². The molecule has 0 radical (unpaired) electrons. The summed E-state index contributed by atoms with van der Waals surface area (Å²) in [5.74, 6) is 1.17. The van der Waals surface area contributed by atoms with Crippen molar-refractivity contribution in [3.05, 3.63) is 47.7 Å². The maximum atomic E-state index is 11.8. The van der Waals surface area contributed by atoms with E-state index in [9.17, 15) is 4.79 Å². The van der Waals surface area contributed by atoms with E-state index in [1.54, 1.807) is 12.3 Å². The first kappa shape index (κ1) is 22.2. The molecule has 132 valence electrons. The third kappa shape index (κ3) is 6.74. The fourth-order valence-corrected chi connectivity index (χ4v) is 1.95. The second-order valence-corrected chi connectivity index (χ2v) is 5.19. The van der Waals surface area contributed by atoms with Crippen LogP contribution in [0, 0.1) is 13.8 Å². The molecule has 24 heavy (non-hydrogen) atoms. The van der Waals surface area contributed by atoms with Gasteiger partial charge in [0, 0.05) is 30.4 Å². The van der Waals surface area contributed by atoms with Gasteiger partial charge in [0.05, 0.1) is 0 Å². The summed E-state index contributed by atoms with van der Waals surface area (Å²) in [6.07, 6.45) is 2.80. The van der Waals surface area contributed by atoms with Crippen LogP contribution in [0.2, 0.25) is 0 Å². The number of aromatic nitrogens is 1. The van der Waals surface area contributed by atoms with E-state index in [0.717, 1.165) is 11.1 Å². The number of carbonyl (C=O) groups excluding carboxylic acids is 1. The highest BCUT2D eigenvalue weighted by Crippen LogP contribution is 2.27. The smallest absolute Gasteiger partial charge is 0.224 e. The molecule has 7 heteroatoms. The highest BCUT2D eigenvalue weighted by atomic mass is 35.5. The SMILES string of the molecule is Cc1ccnc(Oc2cc(NC(=O)CCCN)ccc2C)c1.Cl.Cl. The van der Waals surface area contributed by atoms with Crippen LogP contribution in [0.3, 0.4) is 0 Å². The summed E-state index contributed by atoms with van der Waals surface area (Å²) >= 11 is 0. The van der Waals surface area contributed by atoms with Gasteiger partial charge in [-0.05, 0) is 50.1 Å². The lowest BCUT2D eigenvalue weighted by molar-refractivity contribution is -0.116. The molecule has 0 spiro atoms. The molecule has 0 saturated carbocycles. The Bertz CT molecular complexity index is 666. The lowest BCUT2D eigenvalue weighted by Gasteiger charge is -2.11. The maximum Gasteiger partial charge on any atom is 0.224 e. The Balaban J connectivity index is 0.00000264. The number of ether oxygens (including phenoxy) is 1. The van der Waals surface area contributed by atoms with Crippen molar-refractivity contribution in [3.8, 4) is 11.6 Å². The van der Waals surface area contributed by atoms with Crippen molar-refractivity contribution in [2.75, 3.05) is 11.9 Å². The van der Waals surface area contributed by atoms with Gasteiger partial charge in [0.25, 0.3) is 0 Å². The van der Waals surface area contributed by atoms with Gasteiger partial charge in [-0.3, -0.25) is 4.79 Å². The number of nitrogens with two attached hydrogens (primary N) is 1. The molecule has 1 aromatic carbocycles. The van der Waals surface area contributed by atoms with Crippen LogP contribution in [-0.4, -0.2) is 17.4 Å². The average Bonchev–Trinajstić information content (AvgIpc) is 2.48. The number of nitrogens with zero attached hydrogens (tertiary/aromatic N) is 1. The van der Waals surface area contributed by atoms with Gasteiger partial charge >= 0.3 is 0 Å². The summed E-state index contributed by atoms with van der Waals surface area (Å²) in [5, 5.41) is 2.85. The molecule has 1 heterocycles. The standard InChI is InChI=1S/C17H21N3O2.2ClH/c1-12-7-9-19-17(10-12)22-15-11-14(6-5-13(15)2)20-16(21)4-3-8-18;;/h5-7,9-11H,3-4,8,18H2,1-2H3,(H,20,21);2*1H. The van der Waals surface area contributed by atoms with E-state index < -0.39 is 0 Å². The van der Waals surface area contributed by atoms with Gasteiger partial charge in [-0.15, -0.1) is 24.8 Å². The van der Waals surface area contributed by atoms with E-state index in [-0.39, 0.29) is 30.7 Å². The second-order valence-electron chi connectivity index (χ2n) is 5.19. The van der Waals surface area contributed by atoms with Crippen LogP contribution < -0.4 is 15.8 Å². The number of pyridine rings is 1. The molecule has 0 aliphatic rings. The molecule has 1 amide bonds. The summed E-state index contributed by atoms with van der Waals surface area (Å²) in [4.78, 5) is 15.9. The van der Waals surface area contributed by atoms with Crippen molar-refractivity contribution in [1.82, 2.24) is 4.98 Å². The fraction of sp³-hybridized carbons (Fsp3) is 0.294. The number of benzene rings is 1. The lowest BCUT2D eigenvalue weighted by atomic mass is 10.2. The largest absolute Gasteiger partial charge is 0.439 e. The number of hydrogen-bond acceptors (Lipinski definition) is 4. The van der Waals surface area contributed by atoms with Gasteiger partial charge < -0.3 is 15.8 Å². The van der Waals surface area contributed by atoms with E-state index in [1.165, 1.54) is 0 Å². The zero-order valence-electron chi connectivity index (χ0n) is 13.7. The van der Waals surface area contributed by atoms with Crippen LogP contribution in [0.4, 0.5) is 5.69 Å². The second kappa shape index (κ2) is 10.9. The molecule has 1 aromatic heterocycles. The lowest BCUT2D eigenvalue weighted by Crippen LogP contribution is -2.13. The third-order valence-electron chi connectivity index (χ3n) is 3.18. The highest BCUT2D eigenvalue weighted by Gasteiger charge is 2.07. The molecular weight excluding hydrogens is 349 g/mol. The van der Waals surface area contributed by atoms with Crippen LogP contribution >= 0.6 is 24.8 Å². The van der Waals surface area contributed by atoms with Crippen molar-refractivity contribution in [2.45, 2.75) is 26.7 Å². The first-order valence-corrected chi connectivity index (χ1v) is 7.29. The molecule has 0 bridgehead atoms. The van der Waals surface area contributed by atoms with Crippen LogP contribution in [0.15, 0.2) is 36.5 Å². The zero-order chi connectivity index (χ0) is 15.9. The maximum absolute atomic E-state index is 11.8. The van der Waals surface area contributed by atoms with Gasteiger partial charge in [-0.2, -0.15) is 0 Å². The van der Waals surface area contributed by atoms with E-state index in [0.29, 0.717) is 36.7 Å². The number of hydrogen-bond donors (Lipinski definition) is 2. The normalized spacial score (nSPS) is 9.46. The third-order valence-corrected chi connectivity index (χ3v) is 3.18. The molecule has 3 N–H and O–H groups in total. The molecule has 5 nitrogen and oxygen atoms in total. The number of amides is 1. The van der Waals surface area contributed by atoms with Gasteiger partial charge in [-0.25, -0.2) is 4.98 Å². The topological polar surface area (TPSA) is 77.2 Å². The molecular formula is C17H23Cl2N3O2. The number of nitrogens with one attached hydrogen (secondary N) is 1. The van der Waals surface area contributed by atoms with E-state index in [4.69, 9.17) is 10.5 Å². The monoisotopic (exact) mass is 371 g/mol. The minimum absolute atomic E-state index is 0. The van der Waals surface area contributed by atoms with E-state index >= 15 is 0 Å². The first-order chi connectivity index (χ1) is 10.6. The average molecular weight is 372 g/mol. The number of halogens is 2. The Hall–Kier alpha value is -1.82. The Labute approximate surface area is 154 Å². The number of carbonyl (C=O) groups is 1. The predicted octanol–water partition coefficient (Wildman–Crippen LogP) is 4.01. The molecule has 0 saturated heterocycles. The summed E-state index contributed by atoms with van der Waals surface area (Å²) in [5.41, 5.74) is 8.16. The number of rotatable bonds is 6. The Morgan fingerprint density at radius 3 is 2.62 bits per heavy atom. The molecule has 0 aliphatic carbocycles. The summed E-state index contributed by atoms with van der Waals surface area (Å²) < 4.78 is 5.81. The number of aryl methyl sites for hydroxylation is 2. The highest BCUT2D eigenvalue weighted by molar-refractivity contribution is 5.91. The van der Waals surface area contributed by atoms with Crippen molar-refractivity contribution in [1.29, 1.82) is 0 Å². The van der Waals surface area contributed by atoms with Crippen molar-refractivity contribution in [2.24, 2.45) is 5.73 Å². The number of anilines is 1. The predicted molar refractivity (Wildman–Crippen MR) is 102 cm³/mol. The van der Waals surface area contributed by atoms with Gasteiger partial charge in [0.15, 0.2) is 0 Å². The molecule has 2 aromatic rings. The molecule has 0 atom stereocenters. The molecule has 0 unspecified atom stereocenters. The quantitative estimate of drug-likeness (QED) is 0.803. The van der Waals surface area contributed by atoms with Crippen molar-refractivity contribution in [3.63, 3.8) is 0 Å². The Morgan fingerprint density at radius 2 is 1.96 bits per heavy atom. The van der Waals surface area contributed by atoms with Gasteiger partial charge in [-0.1, -0.05) is 6.07 Å². The van der Waals surface area contributed by atoms with E-state index in [1.807, 2.05) is 38.1 Å². The Morgan fingerprint density at radius 1 is 1.21 bits per heavy atom. The van der Waals surface area contributed by atoms with Crippen LogP contribution in [0.1, 0.15) is 24.0 Å². The zero-order valence-corrected chi connectivity index (χ0v) is 15.4. The van der Waals surface area contributed by atoms with Gasteiger partial charge in [0.1, 0.15) is 5.75 Å². The molecule has 0 aliphatic heterocycles. The fourth-order valence-electron chi connectivity index (χ4n) is 1.95. The van der Waals surface area contributed by atoms with Gasteiger partial charge in [0.2, 0.25) is 11.8 Å². The summed E-state index contributed by atoms with van der Waals surface area (Å²) in [7, 11) is 0. The minimum Gasteiger partial charge on any atom is -0.439 e. The Kier molecular flexibility index (Phi) is 10.0. The molecule has 0 fully saturated rings. The van der Waals surface area contributed by atoms with Crippen LogP contribution in [-0.2, 0) is 4.79 Å². The molecule has 2 rings (SSSR count). The summed E-state index contributed by atoms with van der Waals surface area (Å²) in [6.45, 7) is 4.44. The van der Waals surface area contributed by atoms with E-state index in [2.05, 4.69) is 10.3 Å².